The van der Waals surface area contributed by atoms with Gasteiger partial charge in [0, 0.05) is 6.54 Å². The molecule has 0 aromatic heterocycles. The summed E-state index contributed by atoms with van der Waals surface area (Å²) >= 11 is 0. The molecule has 0 radical (unpaired) electrons. The number of nitrogens with one attached hydrogen (secondary N) is 1. The Hall–Kier alpha value is -0.710. The summed E-state index contributed by atoms with van der Waals surface area (Å²) in [4.78, 5) is 10.1. The van der Waals surface area contributed by atoms with Crippen LogP contribution in [-0.4, -0.2) is 64.4 Å². The van der Waals surface area contributed by atoms with Gasteiger partial charge in [0.05, 0.1) is 23.4 Å². The summed E-state index contributed by atoms with van der Waals surface area (Å²) in [7, 11) is -6.94. The average Bonchev–Trinajstić information content (AvgIpc) is 2.58. The standard InChI is InChI=1S/C8H15NO7S2/c10-8(11)5-16-3-2-9-18(14,15)7-1-4-17(12,13)6-7/h7,9H,1-6H2,(H,10,11). The summed E-state index contributed by atoms with van der Waals surface area (Å²) in [5.41, 5.74) is 0. The third-order valence-corrected chi connectivity index (χ3v) is 6.27. The molecule has 0 saturated carbocycles. The fourth-order valence-electron chi connectivity index (χ4n) is 1.54. The molecule has 8 nitrogen and oxygen atoms in total. The molecule has 0 bridgehead atoms. The summed E-state index contributed by atoms with van der Waals surface area (Å²) in [6.45, 7) is -0.656. The number of ether oxygens (including phenoxy) is 1. The first-order chi connectivity index (χ1) is 8.23. The molecule has 2 N–H and O–H groups in total. The van der Waals surface area contributed by atoms with Gasteiger partial charge in [0.15, 0.2) is 9.84 Å². The molecule has 0 aromatic carbocycles. The number of carboxylic acids is 1. The first-order valence-corrected chi connectivity index (χ1v) is 8.58. The molecule has 1 atom stereocenters. The van der Waals surface area contributed by atoms with Gasteiger partial charge >= 0.3 is 5.97 Å². The van der Waals surface area contributed by atoms with Gasteiger partial charge in [-0.1, -0.05) is 0 Å². The van der Waals surface area contributed by atoms with Crippen LogP contribution in [0, 0.1) is 0 Å². The van der Waals surface area contributed by atoms with E-state index in [0.29, 0.717) is 0 Å². The van der Waals surface area contributed by atoms with Crippen LogP contribution in [0.2, 0.25) is 0 Å². The molecule has 0 aliphatic carbocycles. The maximum Gasteiger partial charge on any atom is 0.329 e. The van der Waals surface area contributed by atoms with Gasteiger partial charge in [-0.15, -0.1) is 0 Å². The highest BCUT2D eigenvalue weighted by atomic mass is 32.2. The molecule has 1 fully saturated rings. The monoisotopic (exact) mass is 301 g/mol. The topological polar surface area (TPSA) is 127 Å². The van der Waals surface area contributed by atoms with Crippen LogP contribution in [0.1, 0.15) is 6.42 Å². The van der Waals surface area contributed by atoms with Gasteiger partial charge in [0.2, 0.25) is 10.0 Å². The van der Waals surface area contributed by atoms with E-state index in [1.165, 1.54) is 0 Å². The second-order valence-corrected chi connectivity index (χ2v) is 8.18. The molecule has 0 aromatic rings. The zero-order chi connectivity index (χ0) is 13.8. The van der Waals surface area contributed by atoms with Crippen molar-refractivity contribution in [1.29, 1.82) is 0 Å². The quantitative estimate of drug-likeness (QED) is 0.531. The van der Waals surface area contributed by atoms with Gasteiger partial charge < -0.3 is 9.84 Å². The molecule has 1 heterocycles. The molecule has 106 valence electrons. The zero-order valence-corrected chi connectivity index (χ0v) is 11.2. The Morgan fingerprint density at radius 3 is 2.61 bits per heavy atom. The van der Waals surface area contributed by atoms with Crippen molar-refractivity contribution in [3.63, 3.8) is 0 Å². The smallest absolute Gasteiger partial charge is 0.329 e. The molecule has 0 amide bonds. The van der Waals surface area contributed by atoms with Crippen molar-refractivity contribution in [1.82, 2.24) is 4.72 Å². The number of hydrogen-bond donors (Lipinski definition) is 2. The maximum absolute atomic E-state index is 11.7. The number of carboxylic acid groups (broad SMARTS) is 1. The highest BCUT2D eigenvalue weighted by Crippen LogP contribution is 2.17. The number of sulfonamides is 1. The van der Waals surface area contributed by atoms with Gasteiger partial charge in [-0.2, -0.15) is 0 Å². The van der Waals surface area contributed by atoms with Crippen molar-refractivity contribution in [3.05, 3.63) is 0 Å². The van der Waals surface area contributed by atoms with Crippen LogP contribution in [0.4, 0.5) is 0 Å². The fourth-order valence-corrected chi connectivity index (χ4v) is 5.60. The highest BCUT2D eigenvalue weighted by Gasteiger charge is 2.36. The number of carbonyl (C=O) groups is 1. The predicted octanol–water partition coefficient (Wildman–Crippen LogP) is -1.81. The first-order valence-electron chi connectivity index (χ1n) is 5.21. The predicted molar refractivity (Wildman–Crippen MR) is 62.4 cm³/mol. The van der Waals surface area contributed by atoms with Crippen LogP contribution >= 0.6 is 0 Å². The Morgan fingerprint density at radius 1 is 1.44 bits per heavy atom. The third kappa shape index (κ3) is 4.88. The number of aliphatic carboxylic acids is 1. The number of hydrogen-bond acceptors (Lipinski definition) is 6. The lowest BCUT2D eigenvalue weighted by Gasteiger charge is -2.11. The Morgan fingerprint density at radius 2 is 2.11 bits per heavy atom. The second-order valence-electron chi connectivity index (χ2n) is 3.91. The lowest BCUT2D eigenvalue weighted by molar-refractivity contribution is -0.142. The summed E-state index contributed by atoms with van der Waals surface area (Å²) in [5, 5.41) is 7.34. The van der Waals surface area contributed by atoms with E-state index in [1.54, 1.807) is 0 Å². The van der Waals surface area contributed by atoms with Gasteiger partial charge in [-0.05, 0) is 6.42 Å². The first kappa shape index (κ1) is 15.3. The SMILES string of the molecule is O=C(O)COCCNS(=O)(=O)C1CCS(=O)(=O)C1. The minimum Gasteiger partial charge on any atom is -0.480 e. The molecule has 1 unspecified atom stereocenters. The average molecular weight is 301 g/mol. The van der Waals surface area contributed by atoms with Crippen molar-refractivity contribution >= 4 is 25.8 Å². The number of sulfone groups is 1. The van der Waals surface area contributed by atoms with Crippen LogP contribution in [-0.2, 0) is 29.4 Å². The Labute approximate surface area is 105 Å². The van der Waals surface area contributed by atoms with Crippen molar-refractivity contribution in [3.8, 4) is 0 Å². The van der Waals surface area contributed by atoms with E-state index in [2.05, 4.69) is 9.46 Å². The van der Waals surface area contributed by atoms with Gasteiger partial charge in [0.1, 0.15) is 6.61 Å². The van der Waals surface area contributed by atoms with Crippen LogP contribution in [0.25, 0.3) is 0 Å². The molecular formula is C8H15NO7S2. The van der Waals surface area contributed by atoms with Gasteiger partial charge in [0.25, 0.3) is 0 Å². The van der Waals surface area contributed by atoms with Gasteiger partial charge in [-0.25, -0.2) is 26.4 Å². The third-order valence-electron chi connectivity index (χ3n) is 2.40. The van der Waals surface area contributed by atoms with E-state index in [1.807, 2.05) is 0 Å². The normalized spacial score (nSPS) is 23.0. The van der Waals surface area contributed by atoms with Crippen LogP contribution < -0.4 is 4.72 Å². The molecule has 10 heteroatoms. The van der Waals surface area contributed by atoms with Gasteiger partial charge in [-0.3, -0.25) is 0 Å². The Bertz CT molecular complexity index is 496. The van der Waals surface area contributed by atoms with E-state index in [-0.39, 0.29) is 31.1 Å². The summed E-state index contributed by atoms with van der Waals surface area (Å²) in [5.74, 6) is -1.62. The van der Waals surface area contributed by atoms with E-state index < -0.39 is 37.7 Å². The molecule has 1 rings (SSSR count). The van der Waals surface area contributed by atoms with E-state index in [0.717, 1.165) is 0 Å². The Kier molecular flexibility index (Phi) is 5.08. The van der Waals surface area contributed by atoms with Crippen molar-refractivity contribution in [2.24, 2.45) is 0 Å². The summed E-state index contributed by atoms with van der Waals surface area (Å²) in [6, 6.07) is 0. The zero-order valence-electron chi connectivity index (χ0n) is 9.53. The lowest BCUT2D eigenvalue weighted by Crippen LogP contribution is -2.37. The molecule has 1 aliphatic heterocycles. The van der Waals surface area contributed by atoms with Crippen LogP contribution in [0.5, 0.6) is 0 Å². The minimum absolute atomic E-state index is 0.0772. The lowest BCUT2D eigenvalue weighted by atomic mass is 10.4. The minimum atomic E-state index is -3.69. The molecule has 1 saturated heterocycles. The van der Waals surface area contributed by atoms with Crippen LogP contribution in [0.15, 0.2) is 0 Å². The van der Waals surface area contributed by atoms with Crippen molar-refractivity contribution in [2.45, 2.75) is 11.7 Å². The second kappa shape index (κ2) is 5.95. The molecule has 18 heavy (non-hydrogen) atoms. The molecule has 1 aliphatic rings. The van der Waals surface area contributed by atoms with Crippen molar-refractivity contribution < 1.29 is 31.5 Å². The molecular weight excluding hydrogens is 286 g/mol. The van der Waals surface area contributed by atoms with E-state index >= 15 is 0 Å². The van der Waals surface area contributed by atoms with Crippen LogP contribution in [0.3, 0.4) is 0 Å². The summed E-state index contributed by atoms with van der Waals surface area (Å²) in [6.07, 6.45) is 0.0909. The number of rotatable bonds is 7. The van der Waals surface area contributed by atoms with E-state index in [9.17, 15) is 21.6 Å². The highest BCUT2D eigenvalue weighted by molar-refractivity contribution is 7.95. The summed E-state index contributed by atoms with van der Waals surface area (Å²) < 4.78 is 52.5. The molecule has 0 spiro atoms. The largest absolute Gasteiger partial charge is 0.480 e. The van der Waals surface area contributed by atoms with Crippen molar-refractivity contribution in [2.75, 3.05) is 31.3 Å². The van der Waals surface area contributed by atoms with E-state index in [4.69, 9.17) is 5.11 Å². The maximum atomic E-state index is 11.7. The fraction of sp³-hybridized carbons (Fsp3) is 0.875. The Balaban J connectivity index is 2.35.